The Labute approximate surface area is 113 Å². The summed E-state index contributed by atoms with van der Waals surface area (Å²) in [5.74, 6) is -0.334. The molecule has 4 nitrogen and oxygen atoms in total. The molecule has 0 saturated carbocycles. The highest BCUT2D eigenvalue weighted by Gasteiger charge is 2.27. The van der Waals surface area contributed by atoms with E-state index in [1.165, 1.54) is 0 Å². The quantitative estimate of drug-likeness (QED) is 0.723. The van der Waals surface area contributed by atoms with Crippen LogP contribution in [0.3, 0.4) is 0 Å². The molecule has 0 atom stereocenters. The van der Waals surface area contributed by atoms with Gasteiger partial charge in [0.1, 0.15) is 0 Å². The summed E-state index contributed by atoms with van der Waals surface area (Å²) in [6, 6.07) is 7.04. The Morgan fingerprint density at radius 3 is 2.44 bits per heavy atom. The predicted octanol–water partition coefficient (Wildman–Crippen LogP) is 1.48. The third kappa shape index (κ3) is 3.50. The van der Waals surface area contributed by atoms with Crippen molar-refractivity contribution in [2.45, 2.75) is 18.7 Å². The molecule has 0 unspecified atom stereocenters. The van der Waals surface area contributed by atoms with Gasteiger partial charge in [-0.05, 0) is 26.0 Å². The molecule has 1 aromatic carbocycles. The summed E-state index contributed by atoms with van der Waals surface area (Å²) < 4.78 is 0. The van der Waals surface area contributed by atoms with E-state index in [2.05, 4.69) is 23.3 Å². The van der Waals surface area contributed by atoms with E-state index in [-0.39, 0.29) is 18.4 Å². The number of hydrogen-bond acceptors (Lipinski definition) is 3. The molecular weight excluding hydrogens is 248 g/mol. The van der Waals surface area contributed by atoms with E-state index in [1.54, 1.807) is 39.1 Å². The number of rotatable bonds is 4. The fourth-order valence-corrected chi connectivity index (χ4v) is 1.74. The Bertz CT molecular complexity index is 458. The minimum atomic E-state index is -0.643. The number of hydrogen-bond donors (Lipinski definition) is 3. The lowest BCUT2D eigenvalue weighted by Crippen LogP contribution is -2.43. The Morgan fingerprint density at radius 1 is 1.28 bits per heavy atom. The van der Waals surface area contributed by atoms with Crippen molar-refractivity contribution in [3.05, 3.63) is 29.8 Å². The molecule has 0 fully saturated rings. The van der Waals surface area contributed by atoms with Gasteiger partial charge in [0.05, 0.1) is 11.0 Å². The second-order valence-electron chi connectivity index (χ2n) is 4.66. The lowest BCUT2D eigenvalue weighted by Gasteiger charge is -2.22. The summed E-state index contributed by atoms with van der Waals surface area (Å²) >= 11 is 4.22. The summed E-state index contributed by atoms with van der Waals surface area (Å²) in [4.78, 5) is 24.1. The van der Waals surface area contributed by atoms with Crippen molar-refractivity contribution < 1.29 is 9.59 Å². The largest absolute Gasteiger partial charge is 0.359 e. The van der Waals surface area contributed by atoms with Crippen LogP contribution in [0.25, 0.3) is 0 Å². The molecular formula is C13H18N2O2S. The average molecular weight is 266 g/mol. The monoisotopic (exact) mass is 266 g/mol. The number of amides is 2. The molecule has 1 aromatic rings. The zero-order chi connectivity index (χ0) is 13.8. The van der Waals surface area contributed by atoms with E-state index in [0.717, 1.165) is 0 Å². The van der Waals surface area contributed by atoms with Gasteiger partial charge < -0.3 is 10.6 Å². The van der Waals surface area contributed by atoms with Crippen LogP contribution in [0.5, 0.6) is 0 Å². The lowest BCUT2D eigenvalue weighted by atomic mass is 9.92. The van der Waals surface area contributed by atoms with Crippen LogP contribution < -0.4 is 10.6 Å². The maximum absolute atomic E-state index is 11.9. The molecule has 0 bridgehead atoms. The molecule has 5 heteroatoms. The first kappa shape index (κ1) is 14.6. The maximum Gasteiger partial charge on any atom is 0.252 e. The van der Waals surface area contributed by atoms with E-state index < -0.39 is 5.41 Å². The Hall–Kier alpha value is -1.49. The first-order valence-electron chi connectivity index (χ1n) is 5.67. The summed E-state index contributed by atoms with van der Waals surface area (Å²) in [6.07, 6.45) is 0. The summed E-state index contributed by atoms with van der Waals surface area (Å²) in [5.41, 5.74) is -0.135. The van der Waals surface area contributed by atoms with Crippen molar-refractivity contribution in [1.29, 1.82) is 0 Å². The van der Waals surface area contributed by atoms with E-state index in [1.807, 2.05) is 6.07 Å². The van der Waals surface area contributed by atoms with Gasteiger partial charge in [-0.1, -0.05) is 12.1 Å². The van der Waals surface area contributed by atoms with E-state index in [0.29, 0.717) is 10.5 Å². The number of benzene rings is 1. The van der Waals surface area contributed by atoms with Gasteiger partial charge in [-0.3, -0.25) is 9.59 Å². The second-order valence-corrected chi connectivity index (χ2v) is 5.14. The highest BCUT2D eigenvalue weighted by atomic mass is 32.1. The molecule has 0 heterocycles. The summed E-state index contributed by atoms with van der Waals surface area (Å²) in [7, 11) is 1.58. The van der Waals surface area contributed by atoms with Crippen molar-refractivity contribution >= 4 is 24.4 Å². The van der Waals surface area contributed by atoms with Crippen molar-refractivity contribution in [3.8, 4) is 0 Å². The standard InChI is InChI=1S/C13H18N2O2S/c1-13(2,12(17)14-3)8-15-11(16)9-6-4-5-7-10(9)18/h4-7,18H,8H2,1-3H3,(H,14,17)(H,15,16). The third-order valence-corrected chi connectivity index (χ3v) is 3.07. The van der Waals surface area contributed by atoms with Crippen LogP contribution in [0.4, 0.5) is 0 Å². The molecule has 2 amide bonds. The van der Waals surface area contributed by atoms with E-state index in [4.69, 9.17) is 0 Å². The number of nitrogens with one attached hydrogen (secondary N) is 2. The lowest BCUT2D eigenvalue weighted by molar-refractivity contribution is -0.128. The summed E-state index contributed by atoms with van der Waals surface area (Å²) in [5, 5.41) is 5.32. The minimum Gasteiger partial charge on any atom is -0.359 e. The Kier molecular flexibility index (Phi) is 4.78. The summed E-state index contributed by atoms with van der Waals surface area (Å²) in [6.45, 7) is 3.82. The first-order valence-corrected chi connectivity index (χ1v) is 6.11. The second kappa shape index (κ2) is 5.91. The number of carbonyl (C=O) groups is 2. The van der Waals surface area contributed by atoms with Crippen LogP contribution >= 0.6 is 12.6 Å². The fourth-order valence-electron chi connectivity index (χ4n) is 1.48. The molecule has 18 heavy (non-hydrogen) atoms. The van der Waals surface area contributed by atoms with Crippen molar-refractivity contribution in [1.82, 2.24) is 10.6 Å². The van der Waals surface area contributed by atoms with Crippen LogP contribution in [0.15, 0.2) is 29.2 Å². The van der Waals surface area contributed by atoms with Crippen molar-refractivity contribution in [3.63, 3.8) is 0 Å². The molecule has 0 aromatic heterocycles. The number of carbonyl (C=O) groups excluding carboxylic acids is 2. The molecule has 0 aliphatic carbocycles. The van der Waals surface area contributed by atoms with E-state index in [9.17, 15) is 9.59 Å². The third-order valence-electron chi connectivity index (χ3n) is 2.68. The number of thiol groups is 1. The van der Waals surface area contributed by atoms with Crippen molar-refractivity contribution in [2.24, 2.45) is 5.41 Å². The molecule has 1 rings (SSSR count). The highest BCUT2D eigenvalue weighted by Crippen LogP contribution is 2.15. The molecule has 0 spiro atoms. The van der Waals surface area contributed by atoms with Gasteiger partial charge >= 0.3 is 0 Å². The molecule has 0 saturated heterocycles. The van der Waals surface area contributed by atoms with Gasteiger partial charge in [0.2, 0.25) is 5.91 Å². The van der Waals surface area contributed by atoms with Gasteiger partial charge in [0.25, 0.3) is 5.91 Å². The zero-order valence-corrected chi connectivity index (χ0v) is 11.7. The maximum atomic E-state index is 11.9. The Morgan fingerprint density at radius 2 is 1.89 bits per heavy atom. The first-order chi connectivity index (χ1) is 8.38. The molecule has 98 valence electrons. The van der Waals surface area contributed by atoms with Crippen LogP contribution in [0.1, 0.15) is 24.2 Å². The minimum absolute atomic E-state index is 0.109. The van der Waals surface area contributed by atoms with Gasteiger partial charge in [-0.15, -0.1) is 12.6 Å². The van der Waals surface area contributed by atoms with Gasteiger partial charge in [-0.25, -0.2) is 0 Å². The van der Waals surface area contributed by atoms with Gasteiger partial charge in [0.15, 0.2) is 0 Å². The van der Waals surface area contributed by atoms with Crippen LogP contribution in [0.2, 0.25) is 0 Å². The molecule has 0 aliphatic heterocycles. The van der Waals surface area contributed by atoms with Crippen LogP contribution in [0, 0.1) is 5.41 Å². The van der Waals surface area contributed by atoms with Crippen molar-refractivity contribution in [2.75, 3.05) is 13.6 Å². The smallest absolute Gasteiger partial charge is 0.252 e. The molecule has 2 N–H and O–H groups in total. The van der Waals surface area contributed by atoms with Gasteiger partial charge in [-0.2, -0.15) is 0 Å². The van der Waals surface area contributed by atoms with Gasteiger partial charge in [0, 0.05) is 18.5 Å². The van der Waals surface area contributed by atoms with Crippen LogP contribution in [-0.2, 0) is 4.79 Å². The van der Waals surface area contributed by atoms with Crippen LogP contribution in [-0.4, -0.2) is 25.4 Å². The fraction of sp³-hybridized carbons (Fsp3) is 0.385. The highest BCUT2D eigenvalue weighted by molar-refractivity contribution is 7.80. The molecule has 0 radical (unpaired) electrons. The average Bonchev–Trinajstić information content (AvgIpc) is 2.35. The molecule has 0 aliphatic rings. The predicted molar refractivity (Wildman–Crippen MR) is 73.9 cm³/mol. The van der Waals surface area contributed by atoms with E-state index >= 15 is 0 Å². The normalized spacial score (nSPS) is 10.9. The zero-order valence-electron chi connectivity index (χ0n) is 10.8. The Balaban J connectivity index is 2.68. The SMILES string of the molecule is CNC(=O)C(C)(C)CNC(=O)c1ccccc1S. The topological polar surface area (TPSA) is 58.2 Å².